The van der Waals surface area contributed by atoms with E-state index in [0.29, 0.717) is 41.7 Å². The number of carbonyl (C=O) groups excluding carboxylic acids is 1. The Labute approximate surface area is 285 Å². The third-order valence-electron chi connectivity index (χ3n) is 15.8. The van der Waals surface area contributed by atoms with Gasteiger partial charge in [-0.1, -0.05) is 65.0 Å². The molecule has 0 aromatic heterocycles. The molecule has 5 aliphatic rings. The van der Waals surface area contributed by atoms with Crippen LogP contribution in [0.5, 0.6) is 0 Å². The van der Waals surface area contributed by atoms with E-state index in [4.69, 9.17) is 0 Å². The van der Waals surface area contributed by atoms with Crippen LogP contribution in [0.3, 0.4) is 0 Å². The van der Waals surface area contributed by atoms with Gasteiger partial charge < -0.3 is 15.3 Å². The second-order valence-corrected chi connectivity index (χ2v) is 17.7. The van der Waals surface area contributed by atoms with Crippen LogP contribution in [0.2, 0.25) is 0 Å². The SMILES string of the molecule is C=C(C)[C@@H]1CC[C@]2(NCC(=O)N(CC)CC)CC[C@]3(C)[C@H](CC[C@@H]4[C@@]5(C)CC=C(c6ccc(C(=O)O)cc6)C(C)(C)[C@@H]5CC[C@]43C)[C@@H]12. The molecule has 1 aromatic rings. The Morgan fingerprint density at radius 2 is 1.57 bits per heavy atom. The second kappa shape index (κ2) is 11.9. The normalized spacial score (nSPS) is 40.3. The molecule has 0 aliphatic heterocycles. The molecule has 1 aromatic carbocycles. The van der Waals surface area contributed by atoms with E-state index in [1.54, 1.807) is 12.1 Å². The van der Waals surface area contributed by atoms with Crippen molar-refractivity contribution in [1.82, 2.24) is 10.2 Å². The van der Waals surface area contributed by atoms with Crippen molar-refractivity contribution in [3.8, 4) is 0 Å². The summed E-state index contributed by atoms with van der Waals surface area (Å²) >= 11 is 0. The number of carbonyl (C=O) groups is 2. The fourth-order valence-electron chi connectivity index (χ4n) is 13.3. The molecule has 5 aliphatic carbocycles. The Hall–Kier alpha value is -2.40. The zero-order valence-corrected chi connectivity index (χ0v) is 30.7. The molecule has 6 rings (SSSR count). The van der Waals surface area contributed by atoms with E-state index in [1.165, 1.54) is 55.2 Å². The maximum absolute atomic E-state index is 13.2. The summed E-state index contributed by atoms with van der Waals surface area (Å²) in [6.45, 7) is 25.9. The third-order valence-corrected chi connectivity index (χ3v) is 15.8. The maximum atomic E-state index is 13.2. The molecule has 4 fully saturated rings. The summed E-state index contributed by atoms with van der Waals surface area (Å²) < 4.78 is 0. The van der Waals surface area contributed by atoms with E-state index < -0.39 is 5.97 Å². The van der Waals surface area contributed by atoms with Gasteiger partial charge in [0, 0.05) is 18.6 Å². The van der Waals surface area contributed by atoms with Crippen molar-refractivity contribution in [1.29, 1.82) is 0 Å². The predicted octanol–water partition coefficient (Wildman–Crippen LogP) is 9.25. The van der Waals surface area contributed by atoms with Crippen molar-refractivity contribution in [3.05, 3.63) is 53.6 Å². The number of nitrogens with zero attached hydrogens (tertiary/aromatic N) is 1. The maximum Gasteiger partial charge on any atom is 0.335 e. The van der Waals surface area contributed by atoms with E-state index in [1.807, 2.05) is 17.0 Å². The minimum atomic E-state index is -0.868. The lowest BCUT2D eigenvalue weighted by Crippen LogP contribution is -2.68. The van der Waals surface area contributed by atoms with Gasteiger partial charge in [-0.15, -0.1) is 0 Å². The molecule has 1 amide bonds. The number of fused-ring (bicyclic) bond motifs is 7. The van der Waals surface area contributed by atoms with Gasteiger partial charge in [-0.25, -0.2) is 4.79 Å². The number of amides is 1. The third kappa shape index (κ3) is 5.02. The molecule has 2 N–H and O–H groups in total. The first-order valence-electron chi connectivity index (χ1n) is 18.8. The van der Waals surface area contributed by atoms with Crippen molar-refractivity contribution >= 4 is 17.4 Å². The number of allylic oxidation sites excluding steroid dienone is 3. The summed E-state index contributed by atoms with van der Waals surface area (Å²) in [5, 5.41) is 13.5. The summed E-state index contributed by atoms with van der Waals surface area (Å²) in [5.41, 5.74) is 5.03. The molecule has 47 heavy (non-hydrogen) atoms. The lowest BCUT2D eigenvalue weighted by molar-refractivity contribution is -0.219. The Kier molecular flexibility index (Phi) is 8.71. The molecule has 5 nitrogen and oxygen atoms in total. The van der Waals surface area contributed by atoms with E-state index >= 15 is 0 Å². The smallest absolute Gasteiger partial charge is 0.335 e. The minimum Gasteiger partial charge on any atom is -0.478 e. The van der Waals surface area contributed by atoms with Crippen LogP contribution >= 0.6 is 0 Å². The van der Waals surface area contributed by atoms with Gasteiger partial charge in [0.1, 0.15) is 0 Å². The summed E-state index contributed by atoms with van der Waals surface area (Å²) in [4.78, 5) is 26.7. The minimum absolute atomic E-state index is 0.0103. The van der Waals surface area contributed by atoms with Gasteiger partial charge in [0.25, 0.3) is 0 Å². The van der Waals surface area contributed by atoms with Crippen LogP contribution in [-0.4, -0.2) is 47.1 Å². The van der Waals surface area contributed by atoms with Crippen LogP contribution in [0.15, 0.2) is 42.5 Å². The standard InChI is InChI=1S/C42H62N2O3/c1-10-44(11-2)35(45)26-43-42-23-18-30(27(3)4)36(42)32-16-17-34-39(7)21-19-31(28-12-14-29(15-13-28)37(46)47)38(5,6)33(39)20-22-41(34,9)40(32,8)24-25-42/h12-15,19,30,32-34,36,43H,3,10-11,16-18,20-26H2,1-2,4-9H3,(H,46,47)/t30-,32+,33-,34+,36+,39-,40+,41+,42-/m0/s1. The molecule has 0 unspecified atom stereocenters. The highest BCUT2D eigenvalue weighted by molar-refractivity contribution is 5.88. The van der Waals surface area contributed by atoms with E-state index in [2.05, 4.69) is 73.4 Å². The van der Waals surface area contributed by atoms with E-state index in [0.717, 1.165) is 32.4 Å². The lowest BCUT2D eigenvalue weighted by atomic mass is 9.33. The number of carboxylic acids is 1. The number of likely N-dealkylation sites (N-methyl/N-ethyl adjacent to an activating group) is 1. The quantitative estimate of drug-likeness (QED) is 0.277. The molecule has 0 spiro atoms. The van der Waals surface area contributed by atoms with Crippen molar-refractivity contribution in [3.63, 3.8) is 0 Å². The predicted molar refractivity (Wildman–Crippen MR) is 192 cm³/mol. The average molecular weight is 643 g/mol. The van der Waals surface area contributed by atoms with Crippen LogP contribution in [0, 0.1) is 51.2 Å². The fraction of sp³-hybridized carbons (Fsp3) is 0.714. The van der Waals surface area contributed by atoms with Gasteiger partial charge in [0.15, 0.2) is 0 Å². The van der Waals surface area contributed by atoms with Crippen LogP contribution < -0.4 is 5.32 Å². The van der Waals surface area contributed by atoms with Crippen molar-refractivity contribution in [2.75, 3.05) is 19.6 Å². The highest BCUT2D eigenvalue weighted by atomic mass is 16.4. The van der Waals surface area contributed by atoms with Crippen molar-refractivity contribution in [2.45, 2.75) is 119 Å². The monoisotopic (exact) mass is 642 g/mol. The summed E-state index contributed by atoms with van der Waals surface area (Å²) in [6, 6.07) is 7.58. The molecular weight excluding hydrogens is 580 g/mol. The number of hydrogen-bond donors (Lipinski definition) is 2. The highest BCUT2D eigenvalue weighted by Gasteiger charge is 2.70. The Morgan fingerprint density at radius 1 is 0.894 bits per heavy atom. The number of nitrogens with one attached hydrogen (secondary N) is 1. The number of rotatable bonds is 8. The Morgan fingerprint density at radius 3 is 2.19 bits per heavy atom. The number of carboxylic acid groups (broad SMARTS) is 1. The zero-order valence-electron chi connectivity index (χ0n) is 30.7. The Balaban J connectivity index is 1.31. The van der Waals surface area contributed by atoms with Gasteiger partial charge in [0.05, 0.1) is 12.1 Å². The van der Waals surface area contributed by atoms with Gasteiger partial charge in [-0.05, 0) is 153 Å². The van der Waals surface area contributed by atoms with Crippen molar-refractivity contribution < 1.29 is 14.7 Å². The van der Waals surface area contributed by atoms with Gasteiger partial charge in [-0.3, -0.25) is 4.79 Å². The first-order valence-corrected chi connectivity index (χ1v) is 18.8. The van der Waals surface area contributed by atoms with Gasteiger partial charge >= 0.3 is 5.97 Å². The number of aromatic carboxylic acids is 1. The average Bonchev–Trinajstić information content (AvgIpc) is 3.41. The van der Waals surface area contributed by atoms with Crippen LogP contribution in [0.4, 0.5) is 0 Å². The largest absolute Gasteiger partial charge is 0.478 e. The fourth-order valence-corrected chi connectivity index (χ4v) is 13.3. The first-order chi connectivity index (χ1) is 22.1. The first kappa shape index (κ1) is 34.5. The summed E-state index contributed by atoms with van der Waals surface area (Å²) in [7, 11) is 0. The zero-order chi connectivity index (χ0) is 34.2. The lowest BCUT2D eigenvalue weighted by Gasteiger charge is -2.72. The van der Waals surface area contributed by atoms with Crippen LogP contribution in [-0.2, 0) is 4.79 Å². The highest BCUT2D eigenvalue weighted by Crippen LogP contribution is 2.76. The van der Waals surface area contributed by atoms with E-state index in [9.17, 15) is 14.7 Å². The van der Waals surface area contributed by atoms with Crippen molar-refractivity contribution in [2.24, 2.45) is 51.2 Å². The molecule has 9 atom stereocenters. The van der Waals surface area contributed by atoms with E-state index in [-0.39, 0.29) is 33.1 Å². The van der Waals surface area contributed by atoms with Gasteiger partial charge in [0.2, 0.25) is 5.91 Å². The topological polar surface area (TPSA) is 69.6 Å². The molecule has 0 heterocycles. The van der Waals surface area contributed by atoms with Crippen LogP contribution in [0.1, 0.15) is 129 Å². The molecular formula is C42H62N2O3. The molecule has 5 heteroatoms. The summed E-state index contributed by atoms with van der Waals surface area (Å²) in [6.07, 6.45) is 13.4. The second-order valence-electron chi connectivity index (χ2n) is 17.7. The molecule has 4 saturated carbocycles. The molecule has 0 saturated heterocycles. The summed E-state index contributed by atoms with van der Waals surface area (Å²) in [5.74, 6) is 2.31. The molecule has 0 bridgehead atoms. The van der Waals surface area contributed by atoms with Gasteiger partial charge in [-0.2, -0.15) is 0 Å². The molecule has 258 valence electrons. The number of benzene rings is 1. The Bertz CT molecular complexity index is 1440. The van der Waals surface area contributed by atoms with Crippen LogP contribution in [0.25, 0.3) is 5.57 Å². The molecule has 0 radical (unpaired) electrons. The number of hydrogen-bond acceptors (Lipinski definition) is 3.